The number of rotatable bonds is 6. The lowest BCUT2D eigenvalue weighted by atomic mass is 10.2. The van der Waals surface area contributed by atoms with Crippen molar-refractivity contribution < 1.29 is 17.9 Å². The Bertz CT molecular complexity index is 836. The topological polar surface area (TPSA) is 72.5 Å². The van der Waals surface area contributed by atoms with Gasteiger partial charge in [-0.25, -0.2) is 8.42 Å². The van der Waals surface area contributed by atoms with Crippen LogP contribution < -0.4 is 10.1 Å². The maximum Gasteiger partial charge on any atom is 0.242 e. The van der Waals surface area contributed by atoms with E-state index in [1.807, 2.05) is 0 Å². The molecular weight excluding hydrogens is 350 g/mol. The highest BCUT2D eigenvalue weighted by atomic mass is 35.5. The summed E-state index contributed by atoms with van der Waals surface area (Å²) in [7, 11) is -2.19. The van der Waals surface area contributed by atoms with Crippen molar-refractivity contribution in [3.63, 3.8) is 0 Å². The van der Waals surface area contributed by atoms with Crippen molar-refractivity contribution in [2.75, 3.05) is 12.4 Å². The van der Waals surface area contributed by atoms with Crippen LogP contribution in [0.1, 0.15) is 12.5 Å². The van der Waals surface area contributed by atoms with Crippen LogP contribution in [0.3, 0.4) is 0 Å². The van der Waals surface area contributed by atoms with Gasteiger partial charge in [-0.2, -0.15) is 0 Å². The number of hydrogen-bond donors (Lipinski definition) is 1. The molecule has 2 aromatic carbocycles. The molecule has 0 spiro atoms. The minimum Gasteiger partial charge on any atom is -0.497 e. The van der Waals surface area contributed by atoms with Crippen molar-refractivity contribution in [1.82, 2.24) is 0 Å². The van der Waals surface area contributed by atoms with Gasteiger partial charge in [0.2, 0.25) is 5.91 Å². The number of carbonyl (C=O) groups excluding carboxylic acids is 1. The fourth-order valence-electron chi connectivity index (χ4n) is 2.06. The van der Waals surface area contributed by atoms with E-state index < -0.39 is 21.0 Å². The van der Waals surface area contributed by atoms with Gasteiger partial charge in [0.05, 0.1) is 12.9 Å². The number of anilines is 1. The predicted octanol–water partition coefficient (Wildman–Crippen LogP) is 3.29. The number of halogens is 1. The summed E-state index contributed by atoms with van der Waals surface area (Å²) >= 11 is 6.00. The van der Waals surface area contributed by atoms with E-state index in [1.165, 1.54) is 14.0 Å². The SMILES string of the molecule is COc1cccc(NC(=O)[C@H](C)S(=O)(=O)Cc2ccccc2Cl)c1. The first-order valence-electron chi connectivity index (χ1n) is 7.23. The molecule has 0 radical (unpaired) electrons. The Morgan fingerprint density at radius 3 is 2.58 bits per heavy atom. The number of carbonyl (C=O) groups is 1. The Labute approximate surface area is 146 Å². The lowest BCUT2D eigenvalue weighted by Crippen LogP contribution is -2.33. The number of sulfone groups is 1. The Balaban J connectivity index is 2.12. The molecular formula is C17H18ClNO4S. The molecule has 0 heterocycles. The minimum absolute atomic E-state index is 0.292. The van der Waals surface area contributed by atoms with Crippen LogP contribution in [0.15, 0.2) is 48.5 Å². The third-order valence-electron chi connectivity index (χ3n) is 3.56. The molecule has 128 valence electrons. The van der Waals surface area contributed by atoms with Gasteiger partial charge in [-0.3, -0.25) is 4.79 Å². The number of benzene rings is 2. The van der Waals surface area contributed by atoms with Crippen LogP contribution in [0.4, 0.5) is 5.69 Å². The van der Waals surface area contributed by atoms with Gasteiger partial charge < -0.3 is 10.1 Å². The van der Waals surface area contributed by atoms with Crippen LogP contribution in [0.5, 0.6) is 5.75 Å². The highest BCUT2D eigenvalue weighted by molar-refractivity contribution is 7.92. The maximum absolute atomic E-state index is 12.5. The quantitative estimate of drug-likeness (QED) is 0.850. The molecule has 7 heteroatoms. The first-order chi connectivity index (χ1) is 11.3. The van der Waals surface area contributed by atoms with E-state index in [2.05, 4.69) is 5.32 Å². The van der Waals surface area contributed by atoms with Gasteiger partial charge in [0.1, 0.15) is 11.0 Å². The predicted molar refractivity (Wildman–Crippen MR) is 95.2 cm³/mol. The molecule has 0 aliphatic carbocycles. The van der Waals surface area contributed by atoms with Gasteiger partial charge in [0.15, 0.2) is 9.84 Å². The molecule has 1 amide bonds. The van der Waals surface area contributed by atoms with E-state index >= 15 is 0 Å². The number of hydrogen-bond acceptors (Lipinski definition) is 4. The molecule has 0 aliphatic rings. The van der Waals surface area contributed by atoms with Gasteiger partial charge in [-0.05, 0) is 30.7 Å². The van der Waals surface area contributed by atoms with Crippen LogP contribution in [0.2, 0.25) is 5.02 Å². The zero-order chi connectivity index (χ0) is 17.7. The third-order valence-corrected chi connectivity index (χ3v) is 5.93. The lowest BCUT2D eigenvalue weighted by Gasteiger charge is -2.14. The van der Waals surface area contributed by atoms with Crippen LogP contribution in [-0.2, 0) is 20.4 Å². The fourth-order valence-corrected chi connectivity index (χ4v) is 3.67. The average Bonchev–Trinajstić information content (AvgIpc) is 2.56. The smallest absolute Gasteiger partial charge is 0.242 e. The normalized spacial score (nSPS) is 12.5. The van der Waals surface area contributed by atoms with Crippen LogP contribution in [0.25, 0.3) is 0 Å². The molecule has 1 N–H and O–H groups in total. The van der Waals surface area contributed by atoms with Crippen molar-refractivity contribution >= 4 is 33.0 Å². The third kappa shape index (κ3) is 4.49. The van der Waals surface area contributed by atoms with Gasteiger partial charge >= 0.3 is 0 Å². The van der Waals surface area contributed by atoms with Crippen LogP contribution in [-0.4, -0.2) is 26.7 Å². The van der Waals surface area contributed by atoms with Gasteiger partial charge in [-0.15, -0.1) is 0 Å². The Morgan fingerprint density at radius 1 is 1.21 bits per heavy atom. The van der Waals surface area contributed by atoms with Crippen molar-refractivity contribution in [1.29, 1.82) is 0 Å². The number of amides is 1. The molecule has 0 unspecified atom stereocenters. The summed E-state index contributed by atoms with van der Waals surface area (Å²) in [6, 6.07) is 13.4. The molecule has 0 bridgehead atoms. The second-order valence-electron chi connectivity index (χ2n) is 5.26. The first-order valence-corrected chi connectivity index (χ1v) is 9.32. The number of ether oxygens (including phenoxy) is 1. The molecule has 0 saturated heterocycles. The molecule has 1 atom stereocenters. The summed E-state index contributed by atoms with van der Waals surface area (Å²) in [4.78, 5) is 12.3. The lowest BCUT2D eigenvalue weighted by molar-refractivity contribution is -0.115. The van der Waals surface area contributed by atoms with Crippen molar-refractivity contribution in [3.05, 3.63) is 59.1 Å². The summed E-state index contributed by atoms with van der Waals surface area (Å²) in [6.45, 7) is 1.36. The number of methoxy groups -OCH3 is 1. The standard InChI is InChI=1S/C17H18ClNO4S/c1-12(17(20)19-14-7-5-8-15(10-14)23-2)24(21,22)11-13-6-3-4-9-16(13)18/h3-10,12H,11H2,1-2H3,(H,19,20)/t12-/m0/s1. The van der Waals surface area contributed by atoms with E-state index in [1.54, 1.807) is 48.5 Å². The number of nitrogens with one attached hydrogen (secondary N) is 1. The van der Waals surface area contributed by atoms with E-state index in [4.69, 9.17) is 16.3 Å². The molecule has 0 saturated carbocycles. The fraction of sp³-hybridized carbons (Fsp3) is 0.235. The summed E-state index contributed by atoms with van der Waals surface area (Å²) < 4.78 is 30.0. The molecule has 0 fully saturated rings. The van der Waals surface area contributed by atoms with Crippen molar-refractivity contribution in [2.45, 2.75) is 17.9 Å². The summed E-state index contributed by atoms with van der Waals surface area (Å²) in [6.07, 6.45) is 0. The summed E-state index contributed by atoms with van der Waals surface area (Å²) in [5, 5.41) is 1.75. The Hall–Kier alpha value is -2.05. The highest BCUT2D eigenvalue weighted by Crippen LogP contribution is 2.21. The second-order valence-corrected chi connectivity index (χ2v) is 7.99. The van der Waals surface area contributed by atoms with E-state index in [0.717, 1.165) is 0 Å². The molecule has 2 aromatic rings. The average molecular weight is 368 g/mol. The Morgan fingerprint density at radius 2 is 1.92 bits per heavy atom. The van der Waals surface area contributed by atoms with E-state index in [0.29, 0.717) is 22.0 Å². The van der Waals surface area contributed by atoms with E-state index in [-0.39, 0.29) is 5.75 Å². The van der Waals surface area contributed by atoms with E-state index in [9.17, 15) is 13.2 Å². The van der Waals surface area contributed by atoms with Gasteiger partial charge in [0.25, 0.3) is 0 Å². The highest BCUT2D eigenvalue weighted by Gasteiger charge is 2.28. The summed E-state index contributed by atoms with van der Waals surface area (Å²) in [5.74, 6) is -0.325. The summed E-state index contributed by atoms with van der Waals surface area (Å²) in [5.41, 5.74) is 0.944. The van der Waals surface area contributed by atoms with Crippen molar-refractivity contribution in [2.24, 2.45) is 0 Å². The first kappa shape index (κ1) is 18.3. The van der Waals surface area contributed by atoms with Gasteiger partial charge in [0, 0.05) is 16.8 Å². The largest absolute Gasteiger partial charge is 0.497 e. The Kier molecular flexibility index (Phi) is 5.85. The van der Waals surface area contributed by atoms with Crippen molar-refractivity contribution in [3.8, 4) is 5.75 Å². The molecule has 5 nitrogen and oxygen atoms in total. The molecule has 0 aromatic heterocycles. The van der Waals surface area contributed by atoms with Gasteiger partial charge in [-0.1, -0.05) is 35.9 Å². The second kappa shape index (κ2) is 7.68. The molecule has 2 rings (SSSR count). The minimum atomic E-state index is -3.70. The maximum atomic E-state index is 12.5. The monoisotopic (exact) mass is 367 g/mol. The molecule has 0 aliphatic heterocycles. The van der Waals surface area contributed by atoms with Crippen LogP contribution in [0, 0.1) is 0 Å². The zero-order valence-corrected chi connectivity index (χ0v) is 14.9. The zero-order valence-electron chi connectivity index (χ0n) is 13.3. The molecule has 24 heavy (non-hydrogen) atoms. The van der Waals surface area contributed by atoms with Crippen LogP contribution >= 0.6 is 11.6 Å².